The van der Waals surface area contributed by atoms with Gasteiger partial charge in [-0.3, -0.25) is 4.79 Å². The van der Waals surface area contributed by atoms with Crippen LogP contribution in [-0.4, -0.2) is 26.8 Å². The fraction of sp³-hybridized carbons (Fsp3) is 0.400. The number of rotatable bonds is 1. The highest BCUT2D eigenvalue weighted by atomic mass is 32.1. The maximum Gasteiger partial charge on any atom is 0.255 e. The van der Waals surface area contributed by atoms with Gasteiger partial charge in [0.25, 0.3) is 5.91 Å². The van der Waals surface area contributed by atoms with Crippen LogP contribution in [-0.2, 0) is 6.42 Å². The molecule has 1 fully saturated rings. The van der Waals surface area contributed by atoms with E-state index in [1.54, 1.807) is 11.3 Å². The van der Waals surface area contributed by atoms with Gasteiger partial charge in [-0.2, -0.15) is 11.3 Å². The number of aromatic nitrogens is 2. The first kappa shape index (κ1) is 12.0. The molecule has 102 valence electrons. The summed E-state index contributed by atoms with van der Waals surface area (Å²) in [5.74, 6) is 0.978. The van der Waals surface area contributed by atoms with Crippen LogP contribution >= 0.6 is 11.3 Å². The Hall–Kier alpha value is -1.75. The van der Waals surface area contributed by atoms with E-state index in [2.05, 4.69) is 14.9 Å². The summed E-state index contributed by atoms with van der Waals surface area (Å²) in [5, 5.41) is 3.89. The third kappa shape index (κ3) is 1.69. The molecule has 0 N–H and O–H groups in total. The highest BCUT2D eigenvalue weighted by Gasteiger charge is 2.43. The molecule has 4 nitrogen and oxygen atoms in total. The van der Waals surface area contributed by atoms with Crippen molar-refractivity contribution in [2.75, 3.05) is 0 Å². The average molecular weight is 285 g/mol. The quantitative estimate of drug-likeness (QED) is 0.809. The average Bonchev–Trinajstić information content (AvgIpc) is 3.06. The summed E-state index contributed by atoms with van der Waals surface area (Å²) in [4.78, 5) is 23.6. The van der Waals surface area contributed by atoms with E-state index in [-0.39, 0.29) is 11.9 Å². The smallest absolute Gasteiger partial charge is 0.255 e. The third-order valence-corrected chi connectivity index (χ3v) is 5.00. The van der Waals surface area contributed by atoms with Crippen LogP contribution in [0.4, 0.5) is 0 Å². The van der Waals surface area contributed by atoms with Crippen molar-refractivity contribution in [2.24, 2.45) is 0 Å². The van der Waals surface area contributed by atoms with Crippen LogP contribution in [0.15, 0.2) is 23.0 Å². The zero-order valence-electron chi connectivity index (χ0n) is 11.2. The number of carbonyl (C=O) groups excluding carboxylic acids is 1. The zero-order valence-corrected chi connectivity index (χ0v) is 12.1. The summed E-state index contributed by atoms with van der Waals surface area (Å²) in [7, 11) is 0. The lowest BCUT2D eigenvalue weighted by Crippen LogP contribution is -2.42. The van der Waals surface area contributed by atoms with Gasteiger partial charge in [0.15, 0.2) is 0 Å². The molecule has 20 heavy (non-hydrogen) atoms. The summed E-state index contributed by atoms with van der Waals surface area (Å²) in [6.45, 7) is 1.92. The Labute approximate surface area is 121 Å². The minimum absolute atomic E-state index is 0.157. The first-order valence-corrected chi connectivity index (χ1v) is 7.85. The normalized spacial score (nSPS) is 23.8. The van der Waals surface area contributed by atoms with Crippen molar-refractivity contribution in [1.82, 2.24) is 14.9 Å². The van der Waals surface area contributed by atoms with E-state index in [1.807, 2.05) is 29.9 Å². The van der Waals surface area contributed by atoms with E-state index in [9.17, 15) is 4.79 Å². The highest BCUT2D eigenvalue weighted by molar-refractivity contribution is 7.08. The Morgan fingerprint density at radius 2 is 2.35 bits per heavy atom. The molecule has 2 bridgehead atoms. The minimum Gasteiger partial charge on any atom is -0.328 e. The molecular weight excluding hydrogens is 270 g/mol. The maximum atomic E-state index is 12.7. The molecule has 2 aromatic rings. The number of nitrogens with zero attached hydrogens (tertiary/aromatic N) is 3. The molecular formula is C15H15N3OS. The predicted octanol–water partition coefficient (Wildman–Crippen LogP) is 2.75. The van der Waals surface area contributed by atoms with E-state index < -0.39 is 0 Å². The Bertz CT molecular complexity index is 668. The topological polar surface area (TPSA) is 46.1 Å². The summed E-state index contributed by atoms with van der Waals surface area (Å²) < 4.78 is 0. The molecule has 0 radical (unpaired) electrons. The summed E-state index contributed by atoms with van der Waals surface area (Å²) >= 11 is 1.57. The first-order chi connectivity index (χ1) is 9.74. The van der Waals surface area contributed by atoms with Crippen molar-refractivity contribution in [3.8, 4) is 0 Å². The largest absolute Gasteiger partial charge is 0.328 e. The molecule has 0 unspecified atom stereocenters. The predicted molar refractivity (Wildman–Crippen MR) is 76.7 cm³/mol. The molecule has 1 saturated heterocycles. The molecule has 1 amide bonds. The van der Waals surface area contributed by atoms with Crippen molar-refractivity contribution >= 4 is 17.2 Å². The van der Waals surface area contributed by atoms with E-state index in [4.69, 9.17) is 0 Å². The maximum absolute atomic E-state index is 12.7. The summed E-state index contributed by atoms with van der Waals surface area (Å²) in [5.41, 5.74) is 3.09. The van der Waals surface area contributed by atoms with E-state index >= 15 is 0 Å². The molecule has 2 aliphatic heterocycles. The molecule has 2 atom stereocenters. The molecule has 0 aliphatic carbocycles. The van der Waals surface area contributed by atoms with Crippen molar-refractivity contribution in [3.05, 3.63) is 45.7 Å². The van der Waals surface area contributed by atoms with Crippen LogP contribution < -0.4 is 0 Å². The van der Waals surface area contributed by atoms with Gasteiger partial charge in [-0.15, -0.1) is 0 Å². The number of fused-ring (bicyclic) bond motifs is 4. The lowest BCUT2D eigenvalue weighted by atomic mass is 9.98. The second-order valence-corrected chi connectivity index (χ2v) is 6.27. The fourth-order valence-electron chi connectivity index (χ4n) is 3.42. The fourth-order valence-corrected chi connectivity index (χ4v) is 4.05. The molecule has 5 heteroatoms. The minimum atomic E-state index is 0.157. The first-order valence-electron chi connectivity index (χ1n) is 6.91. The summed E-state index contributed by atoms with van der Waals surface area (Å²) in [6, 6.07) is 2.37. The van der Waals surface area contributed by atoms with Crippen LogP contribution in [0.5, 0.6) is 0 Å². The second kappa shape index (κ2) is 4.38. The van der Waals surface area contributed by atoms with Crippen LogP contribution in [0.3, 0.4) is 0 Å². The van der Waals surface area contributed by atoms with E-state index in [1.165, 1.54) is 0 Å². The Balaban J connectivity index is 1.74. The Morgan fingerprint density at radius 1 is 1.45 bits per heavy atom. The number of amides is 1. The standard InChI is InChI=1S/C15H15N3OS/c1-9-16-7-12-13(17-9)6-11-2-3-14(12)18(11)15(19)10-4-5-20-8-10/h4-5,7-8,11,14H,2-3,6H2,1H3/t11-,14+/m0/s1. The van der Waals surface area contributed by atoms with Crippen LogP contribution in [0.2, 0.25) is 0 Å². The molecule has 2 aromatic heterocycles. The molecule has 0 saturated carbocycles. The molecule has 0 spiro atoms. The molecule has 2 aliphatic rings. The van der Waals surface area contributed by atoms with E-state index in [0.717, 1.165) is 41.9 Å². The molecule has 4 heterocycles. The highest BCUT2D eigenvalue weighted by Crippen LogP contribution is 2.43. The summed E-state index contributed by atoms with van der Waals surface area (Å²) in [6.07, 6.45) is 4.87. The van der Waals surface area contributed by atoms with Gasteiger partial charge >= 0.3 is 0 Å². The number of carbonyl (C=O) groups is 1. The van der Waals surface area contributed by atoms with Crippen LogP contribution in [0, 0.1) is 6.92 Å². The number of hydrogen-bond donors (Lipinski definition) is 0. The lowest BCUT2D eigenvalue weighted by Gasteiger charge is -2.35. The van der Waals surface area contributed by atoms with Crippen molar-refractivity contribution in [3.63, 3.8) is 0 Å². The van der Waals surface area contributed by atoms with Gasteiger partial charge in [0.05, 0.1) is 17.3 Å². The number of hydrogen-bond acceptors (Lipinski definition) is 4. The van der Waals surface area contributed by atoms with Gasteiger partial charge in [-0.1, -0.05) is 0 Å². The lowest BCUT2D eigenvalue weighted by molar-refractivity contribution is 0.0644. The molecule has 4 rings (SSSR count). The van der Waals surface area contributed by atoms with Crippen LogP contribution in [0.25, 0.3) is 0 Å². The van der Waals surface area contributed by atoms with Gasteiger partial charge in [-0.05, 0) is 31.2 Å². The third-order valence-electron chi connectivity index (χ3n) is 4.31. The van der Waals surface area contributed by atoms with Crippen molar-refractivity contribution in [2.45, 2.75) is 38.3 Å². The van der Waals surface area contributed by atoms with Gasteiger partial charge in [0.2, 0.25) is 0 Å². The molecule has 0 aromatic carbocycles. The van der Waals surface area contributed by atoms with Gasteiger partial charge in [0.1, 0.15) is 5.82 Å². The van der Waals surface area contributed by atoms with Gasteiger partial charge < -0.3 is 4.90 Å². The number of aryl methyl sites for hydroxylation is 1. The van der Waals surface area contributed by atoms with Crippen molar-refractivity contribution < 1.29 is 4.79 Å². The zero-order chi connectivity index (χ0) is 13.7. The van der Waals surface area contributed by atoms with Gasteiger partial charge in [0, 0.05) is 29.6 Å². The Kier molecular flexibility index (Phi) is 2.63. The second-order valence-electron chi connectivity index (χ2n) is 5.49. The number of thiophene rings is 1. The van der Waals surface area contributed by atoms with Crippen molar-refractivity contribution in [1.29, 1.82) is 0 Å². The SMILES string of the molecule is Cc1ncc2c(n1)C[C@@H]1CC[C@H]2N1C(=O)c1ccsc1. The van der Waals surface area contributed by atoms with Gasteiger partial charge in [-0.25, -0.2) is 9.97 Å². The monoisotopic (exact) mass is 285 g/mol. The van der Waals surface area contributed by atoms with E-state index in [0.29, 0.717) is 6.04 Å². The van der Waals surface area contributed by atoms with Crippen LogP contribution in [0.1, 0.15) is 46.3 Å². The Morgan fingerprint density at radius 3 is 3.15 bits per heavy atom.